The minimum Gasteiger partial charge on any atom is -0.495 e. The highest BCUT2D eigenvalue weighted by Crippen LogP contribution is 2.34. The Bertz CT molecular complexity index is 1680. The highest BCUT2D eigenvalue weighted by atomic mass is 32.2. The number of fused-ring (bicyclic) bond motifs is 3. The molecule has 2 aromatic carbocycles. The molecule has 4 heterocycles. The lowest BCUT2D eigenvalue weighted by atomic mass is 9.84. The first-order valence-corrected chi connectivity index (χ1v) is 16.5. The predicted molar refractivity (Wildman–Crippen MR) is 166 cm³/mol. The summed E-state index contributed by atoms with van der Waals surface area (Å²) in [5, 5.41) is 6.07. The molecule has 3 aliphatic rings. The minimum absolute atomic E-state index is 0.0850. The smallest absolute Gasteiger partial charge is 0.419 e. The molecule has 2 bridgehead atoms. The van der Waals surface area contributed by atoms with E-state index in [1.165, 1.54) is 14.2 Å². The number of carbonyl (C=O) groups excluding carboxylic acids is 1. The molecule has 3 aliphatic heterocycles. The number of sulfonamides is 1. The molecule has 1 atom stereocenters. The number of hydrogen-bond donors (Lipinski definition) is 2. The first kappa shape index (κ1) is 32.5. The number of rotatable bonds is 10. The van der Waals surface area contributed by atoms with Gasteiger partial charge in [0.05, 0.1) is 36.0 Å². The van der Waals surface area contributed by atoms with Crippen LogP contribution < -0.4 is 19.7 Å². The number of nitrogens with one attached hydrogen (secondary N) is 2. The third-order valence-electron chi connectivity index (χ3n) is 8.56. The van der Waals surface area contributed by atoms with Crippen LogP contribution >= 0.6 is 0 Å². The standard InChI is InChI=1S/C31H37F3N6O4S/c1-19-5-6-21(27(15-19)39(2)45(4,42)43)7-9-24-23(31(32,33)34)17-35-30(37-24)38-25-10-8-22(16-28(25)44-3)29(41)36-26-18-40-13-11-20(26)12-14-40/h5-6,8,10,15-17,20,26H,7,9,11-14,18H2,1-4H3,(H,36,41)(H,35,37,38)/t26-/m0/s1. The van der Waals surface area contributed by atoms with Gasteiger partial charge in [-0.05, 0) is 87.0 Å². The van der Waals surface area contributed by atoms with Crippen molar-refractivity contribution in [3.63, 3.8) is 0 Å². The fourth-order valence-electron chi connectivity index (χ4n) is 5.95. The van der Waals surface area contributed by atoms with Gasteiger partial charge < -0.3 is 20.3 Å². The van der Waals surface area contributed by atoms with Crippen molar-refractivity contribution in [1.82, 2.24) is 20.2 Å². The molecule has 3 aromatic rings. The minimum atomic E-state index is -4.70. The van der Waals surface area contributed by atoms with Crippen molar-refractivity contribution in [3.05, 3.63) is 70.5 Å². The zero-order chi connectivity index (χ0) is 32.5. The summed E-state index contributed by atoms with van der Waals surface area (Å²) in [4.78, 5) is 23.5. The van der Waals surface area contributed by atoms with E-state index in [1.54, 1.807) is 43.3 Å². The Morgan fingerprint density at radius 2 is 1.87 bits per heavy atom. The quantitative estimate of drug-likeness (QED) is 0.330. The molecule has 45 heavy (non-hydrogen) atoms. The molecule has 3 fully saturated rings. The van der Waals surface area contributed by atoms with Crippen LogP contribution in [-0.2, 0) is 29.0 Å². The van der Waals surface area contributed by atoms with E-state index in [0.29, 0.717) is 34.2 Å². The van der Waals surface area contributed by atoms with Crippen LogP contribution in [0.3, 0.4) is 0 Å². The van der Waals surface area contributed by atoms with E-state index >= 15 is 0 Å². The fraction of sp³-hybridized carbons (Fsp3) is 0.452. The molecule has 0 aliphatic carbocycles. The number of amides is 1. The van der Waals surface area contributed by atoms with Crippen LogP contribution in [0.1, 0.15) is 45.6 Å². The number of alkyl halides is 3. The Morgan fingerprint density at radius 1 is 1.13 bits per heavy atom. The number of hydrogen-bond acceptors (Lipinski definition) is 8. The van der Waals surface area contributed by atoms with Crippen molar-refractivity contribution in [1.29, 1.82) is 0 Å². The zero-order valence-electron chi connectivity index (χ0n) is 25.6. The monoisotopic (exact) mass is 646 g/mol. The van der Waals surface area contributed by atoms with Crippen LogP contribution in [0, 0.1) is 12.8 Å². The Labute approximate surface area is 261 Å². The number of piperidine rings is 3. The Morgan fingerprint density at radius 3 is 2.49 bits per heavy atom. The SMILES string of the molecule is COc1cc(C(=O)N[C@H]2CN3CCC2CC3)ccc1Nc1ncc(C(F)(F)F)c(CCc2ccc(C)cc2N(C)S(C)(=O)=O)n1. The molecule has 6 rings (SSSR count). The number of methoxy groups -OCH3 is 1. The van der Waals surface area contributed by atoms with E-state index in [2.05, 4.69) is 25.5 Å². The third-order valence-corrected chi connectivity index (χ3v) is 9.76. The van der Waals surface area contributed by atoms with Crippen LogP contribution in [0.25, 0.3) is 0 Å². The molecule has 1 aromatic heterocycles. The Hall–Kier alpha value is -3.91. The van der Waals surface area contributed by atoms with E-state index < -0.39 is 21.8 Å². The van der Waals surface area contributed by atoms with Gasteiger partial charge in [0.25, 0.3) is 5.91 Å². The van der Waals surface area contributed by atoms with Crippen molar-refractivity contribution in [3.8, 4) is 5.75 Å². The second-order valence-electron chi connectivity index (χ2n) is 11.7. The van der Waals surface area contributed by atoms with Gasteiger partial charge in [-0.25, -0.2) is 18.4 Å². The van der Waals surface area contributed by atoms with Gasteiger partial charge in [0.15, 0.2) is 0 Å². The lowest BCUT2D eigenvalue weighted by Crippen LogP contribution is -2.57. The highest BCUT2D eigenvalue weighted by Gasteiger charge is 2.36. The van der Waals surface area contributed by atoms with E-state index in [9.17, 15) is 26.4 Å². The Kier molecular flexibility index (Phi) is 9.26. The molecular weight excluding hydrogens is 609 g/mol. The molecule has 10 nitrogen and oxygen atoms in total. The number of carbonyl (C=O) groups is 1. The van der Waals surface area contributed by atoms with Crippen molar-refractivity contribution in [2.75, 3.05) is 49.7 Å². The van der Waals surface area contributed by atoms with E-state index in [4.69, 9.17) is 4.74 Å². The summed E-state index contributed by atoms with van der Waals surface area (Å²) in [5.41, 5.74) is 1.30. The normalized spacial score (nSPS) is 19.7. The first-order valence-electron chi connectivity index (χ1n) is 14.7. The van der Waals surface area contributed by atoms with Crippen LogP contribution in [0.4, 0.5) is 30.5 Å². The van der Waals surface area contributed by atoms with E-state index in [0.717, 1.165) is 54.8 Å². The third kappa shape index (κ3) is 7.50. The maximum atomic E-state index is 14.0. The molecular formula is C31H37F3N6O4S. The number of ether oxygens (including phenoxy) is 1. The molecule has 14 heteroatoms. The molecule has 0 saturated carbocycles. The van der Waals surface area contributed by atoms with Crippen LogP contribution in [0.2, 0.25) is 0 Å². The fourth-order valence-corrected chi connectivity index (χ4v) is 6.48. The van der Waals surface area contributed by atoms with Gasteiger partial charge in [-0.15, -0.1) is 0 Å². The van der Waals surface area contributed by atoms with Gasteiger partial charge in [-0.3, -0.25) is 9.10 Å². The molecule has 3 saturated heterocycles. The summed E-state index contributed by atoms with van der Waals surface area (Å²) in [6.45, 7) is 4.76. The lowest BCUT2D eigenvalue weighted by molar-refractivity contribution is -0.138. The number of aryl methyl sites for hydroxylation is 3. The van der Waals surface area contributed by atoms with Crippen molar-refractivity contribution >= 4 is 33.3 Å². The summed E-state index contributed by atoms with van der Waals surface area (Å²) in [7, 11) is -0.761. The van der Waals surface area contributed by atoms with Gasteiger partial charge in [0.2, 0.25) is 16.0 Å². The number of aromatic nitrogens is 2. The second-order valence-corrected chi connectivity index (χ2v) is 13.7. The average Bonchev–Trinajstić information content (AvgIpc) is 2.99. The topological polar surface area (TPSA) is 117 Å². The van der Waals surface area contributed by atoms with Gasteiger partial charge in [0.1, 0.15) is 5.75 Å². The van der Waals surface area contributed by atoms with Crippen molar-refractivity contribution < 1.29 is 31.1 Å². The highest BCUT2D eigenvalue weighted by molar-refractivity contribution is 7.92. The summed E-state index contributed by atoms with van der Waals surface area (Å²) in [5.74, 6) is 0.461. The maximum absolute atomic E-state index is 14.0. The largest absolute Gasteiger partial charge is 0.495 e. The predicted octanol–water partition coefficient (Wildman–Crippen LogP) is 4.56. The van der Waals surface area contributed by atoms with Crippen LogP contribution in [0.5, 0.6) is 5.75 Å². The summed E-state index contributed by atoms with van der Waals surface area (Å²) < 4.78 is 72.9. The van der Waals surface area contributed by atoms with Gasteiger partial charge in [0, 0.05) is 31.4 Å². The van der Waals surface area contributed by atoms with Crippen LogP contribution in [0.15, 0.2) is 42.6 Å². The number of anilines is 3. The molecule has 0 unspecified atom stereocenters. The molecule has 0 radical (unpaired) electrons. The van der Waals surface area contributed by atoms with Gasteiger partial charge in [-0.2, -0.15) is 13.2 Å². The Balaban J connectivity index is 1.36. The van der Waals surface area contributed by atoms with Crippen LogP contribution in [-0.4, -0.2) is 75.3 Å². The second kappa shape index (κ2) is 12.8. The number of halogens is 3. The lowest BCUT2D eigenvalue weighted by Gasteiger charge is -2.44. The summed E-state index contributed by atoms with van der Waals surface area (Å²) >= 11 is 0. The van der Waals surface area contributed by atoms with Crippen molar-refractivity contribution in [2.24, 2.45) is 5.92 Å². The van der Waals surface area contributed by atoms with Crippen molar-refractivity contribution in [2.45, 2.75) is 44.8 Å². The average molecular weight is 647 g/mol. The van der Waals surface area contributed by atoms with Gasteiger partial charge in [-0.1, -0.05) is 12.1 Å². The molecule has 1 amide bonds. The molecule has 0 spiro atoms. The first-order chi connectivity index (χ1) is 21.2. The van der Waals surface area contributed by atoms with E-state index in [-0.39, 0.29) is 36.4 Å². The summed E-state index contributed by atoms with van der Waals surface area (Å²) in [6, 6.07) is 10.0. The zero-order valence-corrected chi connectivity index (χ0v) is 26.4. The van der Waals surface area contributed by atoms with E-state index in [1.807, 2.05) is 0 Å². The summed E-state index contributed by atoms with van der Waals surface area (Å²) in [6.07, 6.45) is -0.807. The molecule has 2 N–H and O–H groups in total. The molecule has 242 valence electrons. The maximum Gasteiger partial charge on any atom is 0.419 e. The number of nitrogens with zero attached hydrogens (tertiary/aromatic N) is 4. The van der Waals surface area contributed by atoms with Gasteiger partial charge >= 0.3 is 6.18 Å². The number of benzene rings is 2.